The first kappa shape index (κ1) is 18.3. The second kappa shape index (κ2) is 7.86. The molecule has 2 aliphatic rings. The lowest BCUT2D eigenvalue weighted by Gasteiger charge is -2.29. The number of morpholine rings is 1. The molecular formula is C22H22N2O4. The SMILES string of the molecule is COc1ccccc1C1=C(N2CCOCC2)C(=O)N(Cc2ccccc2)C1=O. The van der Waals surface area contributed by atoms with E-state index in [1.165, 1.54) is 4.90 Å². The summed E-state index contributed by atoms with van der Waals surface area (Å²) < 4.78 is 10.9. The lowest BCUT2D eigenvalue weighted by Crippen LogP contribution is -2.40. The van der Waals surface area contributed by atoms with Gasteiger partial charge in [-0.1, -0.05) is 48.5 Å². The molecule has 0 N–H and O–H groups in total. The molecule has 2 aromatic rings. The summed E-state index contributed by atoms with van der Waals surface area (Å²) in [5.41, 5.74) is 2.39. The van der Waals surface area contributed by atoms with Gasteiger partial charge in [0.15, 0.2) is 0 Å². The van der Waals surface area contributed by atoms with Crippen molar-refractivity contribution >= 4 is 17.4 Å². The maximum atomic E-state index is 13.4. The Hall–Kier alpha value is -3.12. The fraction of sp³-hybridized carbons (Fsp3) is 0.273. The third-order valence-corrected chi connectivity index (χ3v) is 5.03. The van der Waals surface area contributed by atoms with Crippen LogP contribution < -0.4 is 4.74 Å². The van der Waals surface area contributed by atoms with Gasteiger partial charge in [-0.25, -0.2) is 0 Å². The average molecular weight is 378 g/mol. The number of rotatable bonds is 5. The quantitative estimate of drug-likeness (QED) is 0.748. The van der Waals surface area contributed by atoms with Crippen molar-refractivity contribution in [3.05, 3.63) is 71.4 Å². The number of hydrogen-bond donors (Lipinski definition) is 0. The monoisotopic (exact) mass is 378 g/mol. The van der Waals surface area contributed by atoms with E-state index in [-0.39, 0.29) is 18.4 Å². The Bertz CT molecular complexity index is 917. The zero-order valence-corrected chi connectivity index (χ0v) is 15.8. The predicted octanol–water partition coefficient (Wildman–Crippen LogP) is 2.31. The van der Waals surface area contributed by atoms with Gasteiger partial charge in [0.2, 0.25) is 0 Å². The molecule has 2 amide bonds. The van der Waals surface area contributed by atoms with Crippen LogP contribution in [0.2, 0.25) is 0 Å². The van der Waals surface area contributed by atoms with Gasteiger partial charge in [-0.3, -0.25) is 14.5 Å². The van der Waals surface area contributed by atoms with Gasteiger partial charge in [-0.05, 0) is 11.6 Å². The normalized spacial score (nSPS) is 17.5. The van der Waals surface area contributed by atoms with E-state index in [2.05, 4.69) is 0 Å². The molecule has 0 unspecified atom stereocenters. The Kier molecular flexibility index (Phi) is 5.12. The Morgan fingerprint density at radius 3 is 2.32 bits per heavy atom. The second-order valence-electron chi connectivity index (χ2n) is 6.71. The topological polar surface area (TPSA) is 59.1 Å². The predicted molar refractivity (Wildman–Crippen MR) is 104 cm³/mol. The summed E-state index contributed by atoms with van der Waals surface area (Å²) in [4.78, 5) is 30.0. The van der Waals surface area contributed by atoms with Crippen LogP contribution in [0, 0.1) is 0 Å². The highest BCUT2D eigenvalue weighted by atomic mass is 16.5. The van der Waals surface area contributed by atoms with Gasteiger partial charge in [-0.2, -0.15) is 0 Å². The Morgan fingerprint density at radius 1 is 0.929 bits per heavy atom. The van der Waals surface area contributed by atoms with Gasteiger partial charge in [0, 0.05) is 18.7 Å². The molecule has 0 radical (unpaired) electrons. The fourth-order valence-electron chi connectivity index (χ4n) is 3.65. The highest BCUT2D eigenvalue weighted by Gasteiger charge is 2.42. The number of hydrogen-bond acceptors (Lipinski definition) is 5. The molecule has 0 aliphatic carbocycles. The standard InChI is InChI=1S/C22H22N2O4/c1-27-18-10-6-5-9-17(18)19-20(23-11-13-28-14-12-23)22(26)24(21(19)25)15-16-7-3-2-4-8-16/h2-10H,11-15H2,1H3. The Labute approximate surface area is 164 Å². The van der Waals surface area contributed by atoms with Crippen LogP contribution in [0.3, 0.4) is 0 Å². The maximum absolute atomic E-state index is 13.4. The molecule has 2 heterocycles. The Balaban J connectivity index is 1.78. The van der Waals surface area contributed by atoms with Crippen molar-refractivity contribution in [2.75, 3.05) is 33.4 Å². The van der Waals surface area contributed by atoms with E-state index in [1.54, 1.807) is 13.2 Å². The fourth-order valence-corrected chi connectivity index (χ4v) is 3.65. The molecular weight excluding hydrogens is 356 g/mol. The number of para-hydroxylation sites is 1. The minimum absolute atomic E-state index is 0.241. The van der Waals surface area contributed by atoms with E-state index in [0.717, 1.165) is 5.56 Å². The first-order valence-electron chi connectivity index (χ1n) is 9.31. The summed E-state index contributed by atoms with van der Waals surface area (Å²) >= 11 is 0. The van der Waals surface area contributed by atoms with E-state index in [0.29, 0.717) is 48.9 Å². The molecule has 4 rings (SSSR count). The van der Waals surface area contributed by atoms with Crippen molar-refractivity contribution in [2.45, 2.75) is 6.54 Å². The summed E-state index contributed by atoms with van der Waals surface area (Å²) in [7, 11) is 1.57. The van der Waals surface area contributed by atoms with E-state index in [4.69, 9.17) is 9.47 Å². The third kappa shape index (κ3) is 3.27. The van der Waals surface area contributed by atoms with Gasteiger partial charge in [0.1, 0.15) is 11.4 Å². The van der Waals surface area contributed by atoms with E-state index in [9.17, 15) is 9.59 Å². The first-order chi connectivity index (χ1) is 13.7. The van der Waals surface area contributed by atoms with Crippen molar-refractivity contribution in [1.29, 1.82) is 0 Å². The zero-order valence-electron chi connectivity index (χ0n) is 15.8. The molecule has 0 spiro atoms. The van der Waals surface area contributed by atoms with Crippen LogP contribution in [0.1, 0.15) is 11.1 Å². The summed E-state index contributed by atoms with van der Waals surface area (Å²) in [6, 6.07) is 16.9. The first-order valence-corrected chi connectivity index (χ1v) is 9.31. The van der Waals surface area contributed by atoms with Crippen molar-refractivity contribution in [3.8, 4) is 5.75 Å². The summed E-state index contributed by atoms with van der Waals surface area (Å²) in [5, 5.41) is 0. The molecule has 0 aromatic heterocycles. The largest absolute Gasteiger partial charge is 0.496 e. The van der Waals surface area contributed by atoms with Crippen LogP contribution in [0.15, 0.2) is 60.3 Å². The number of ether oxygens (including phenoxy) is 2. The number of carbonyl (C=O) groups excluding carboxylic acids is 2. The van der Waals surface area contributed by atoms with Crippen LogP contribution >= 0.6 is 0 Å². The lowest BCUT2D eigenvalue weighted by molar-refractivity contribution is -0.138. The highest BCUT2D eigenvalue weighted by molar-refractivity contribution is 6.35. The van der Waals surface area contributed by atoms with Crippen LogP contribution in [0.4, 0.5) is 0 Å². The molecule has 0 bridgehead atoms. The van der Waals surface area contributed by atoms with Crippen LogP contribution in [-0.4, -0.2) is 55.0 Å². The van der Waals surface area contributed by atoms with Crippen LogP contribution in [-0.2, 0) is 20.9 Å². The molecule has 1 saturated heterocycles. The van der Waals surface area contributed by atoms with Crippen LogP contribution in [0.25, 0.3) is 5.57 Å². The molecule has 28 heavy (non-hydrogen) atoms. The molecule has 1 fully saturated rings. The summed E-state index contributed by atoms with van der Waals surface area (Å²) in [6.45, 7) is 2.45. The number of amides is 2. The van der Waals surface area contributed by atoms with Gasteiger partial charge >= 0.3 is 0 Å². The molecule has 2 aromatic carbocycles. The summed E-state index contributed by atoms with van der Waals surface area (Å²) in [5.74, 6) is 0.0162. The number of methoxy groups -OCH3 is 1. The van der Waals surface area contributed by atoms with Gasteiger partial charge < -0.3 is 14.4 Å². The van der Waals surface area contributed by atoms with E-state index in [1.807, 2.05) is 53.4 Å². The van der Waals surface area contributed by atoms with Crippen molar-refractivity contribution in [3.63, 3.8) is 0 Å². The number of imide groups is 1. The zero-order chi connectivity index (χ0) is 19.5. The number of carbonyl (C=O) groups is 2. The maximum Gasteiger partial charge on any atom is 0.278 e. The molecule has 6 heteroatoms. The highest BCUT2D eigenvalue weighted by Crippen LogP contribution is 2.36. The molecule has 0 saturated carbocycles. The van der Waals surface area contributed by atoms with Crippen LogP contribution in [0.5, 0.6) is 5.75 Å². The minimum atomic E-state index is -0.292. The number of benzene rings is 2. The van der Waals surface area contributed by atoms with Gasteiger partial charge in [0.05, 0.1) is 32.4 Å². The van der Waals surface area contributed by atoms with Gasteiger partial charge in [0.25, 0.3) is 11.8 Å². The summed E-state index contributed by atoms with van der Waals surface area (Å²) in [6.07, 6.45) is 0. The molecule has 6 nitrogen and oxygen atoms in total. The molecule has 144 valence electrons. The van der Waals surface area contributed by atoms with Crippen molar-refractivity contribution in [2.24, 2.45) is 0 Å². The molecule has 0 atom stereocenters. The Morgan fingerprint density at radius 2 is 1.61 bits per heavy atom. The van der Waals surface area contributed by atoms with Crippen molar-refractivity contribution < 1.29 is 19.1 Å². The lowest BCUT2D eigenvalue weighted by atomic mass is 10.0. The molecule has 2 aliphatic heterocycles. The van der Waals surface area contributed by atoms with E-state index >= 15 is 0 Å². The number of nitrogens with zero attached hydrogens (tertiary/aromatic N) is 2. The van der Waals surface area contributed by atoms with Crippen molar-refractivity contribution in [1.82, 2.24) is 9.80 Å². The minimum Gasteiger partial charge on any atom is -0.496 e. The third-order valence-electron chi connectivity index (χ3n) is 5.03. The average Bonchev–Trinajstić information content (AvgIpc) is 2.99. The van der Waals surface area contributed by atoms with E-state index < -0.39 is 0 Å². The van der Waals surface area contributed by atoms with Gasteiger partial charge in [-0.15, -0.1) is 0 Å². The smallest absolute Gasteiger partial charge is 0.278 e. The second-order valence-corrected chi connectivity index (χ2v) is 6.71.